The Labute approximate surface area is 135 Å². The van der Waals surface area contributed by atoms with Crippen LogP contribution in [0, 0.1) is 0 Å². The molecule has 0 saturated carbocycles. The van der Waals surface area contributed by atoms with Crippen molar-refractivity contribution in [1.82, 2.24) is 0 Å². The van der Waals surface area contributed by atoms with Gasteiger partial charge in [0.25, 0.3) is 0 Å². The van der Waals surface area contributed by atoms with Crippen LogP contribution in [0.25, 0.3) is 0 Å². The molecule has 1 rings (SSSR count). The largest absolute Gasteiger partial charge is 0.393 e. The first-order chi connectivity index (χ1) is 10.5. The van der Waals surface area contributed by atoms with Gasteiger partial charge in [-0.2, -0.15) is 0 Å². The summed E-state index contributed by atoms with van der Waals surface area (Å²) in [5.74, 6) is -0.441. The normalized spacial score (nSPS) is 23.3. The van der Waals surface area contributed by atoms with Crippen molar-refractivity contribution in [3.05, 3.63) is 0 Å². The van der Waals surface area contributed by atoms with Crippen molar-refractivity contribution >= 4 is 8.56 Å². The van der Waals surface area contributed by atoms with E-state index in [0.29, 0.717) is 26.4 Å². The van der Waals surface area contributed by atoms with Crippen LogP contribution in [0.15, 0.2) is 0 Å². The fourth-order valence-corrected chi connectivity index (χ4v) is 4.88. The first-order valence-corrected chi connectivity index (χ1v) is 10.6. The zero-order chi connectivity index (χ0) is 16.6. The molecule has 0 aromatic carbocycles. The quantitative estimate of drug-likeness (QED) is 0.292. The molecule has 0 radical (unpaired) electrons. The third-order valence-corrected chi connectivity index (χ3v) is 6.41. The van der Waals surface area contributed by atoms with Crippen molar-refractivity contribution in [3.8, 4) is 0 Å². The van der Waals surface area contributed by atoms with Crippen LogP contribution >= 0.6 is 0 Å². The lowest BCUT2D eigenvalue weighted by molar-refractivity contribution is -0.123. The van der Waals surface area contributed by atoms with Gasteiger partial charge in [-0.3, -0.25) is 0 Å². The van der Waals surface area contributed by atoms with Crippen molar-refractivity contribution in [2.45, 2.75) is 65.4 Å². The maximum Gasteiger partial charge on any atom is 0.393 e. The van der Waals surface area contributed by atoms with Crippen molar-refractivity contribution < 1.29 is 27.8 Å². The maximum absolute atomic E-state index is 6.26. The van der Waals surface area contributed by atoms with Gasteiger partial charge in [0.15, 0.2) is 5.91 Å². The molecule has 0 spiro atoms. The van der Waals surface area contributed by atoms with Crippen LogP contribution in [0.2, 0.25) is 6.55 Å². The minimum absolute atomic E-state index is 0.0413. The number of rotatable bonds is 13. The van der Waals surface area contributed by atoms with Crippen molar-refractivity contribution in [2.24, 2.45) is 0 Å². The smallest absolute Gasteiger partial charge is 0.392 e. The Kier molecular flexibility index (Phi) is 9.07. The van der Waals surface area contributed by atoms with E-state index in [4.69, 9.17) is 27.8 Å². The average molecular weight is 337 g/mol. The summed E-state index contributed by atoms with van der Waals surface area (Å²) in [6.45, 7) is 14.9. The molecule has 0 aromatic heterocycles. The molecular formula is C15H32O6Si. The fraction of sp³-hybridized carbons (Fsp3) is 1.00. The van der Waals surface area contributed by atoms with Crippen LogP contribution < -0.4 is 0 Å². The molecule has 6 nitrogen and oxygen atoms in total. The van der Waals surface area contributed by atoms with Gasteiger partial charge in [-0.1, -0.05) is 0 Å². The zero-order valence-corrected chi connectivity index (χ0v) is 15.8. The van der Waals surface area contributed by atoms with E-state index in [0.717, 1.165) is 6.61 Å². The Bertz CT molecular complexity index is 296. The number of hydrogen-bond donors (Lipinski definition) is 0. The van der Waals surface area contributed by atoms with E-state index in [-0.39, 0.29) is 18.3 Å². The Morgan fingerprint density at radius 2 is 1.59 bits per heavy atom. The second kappa shape index (κ2) is 9.97. The predicted molar refractivity (Wildman–Crippen MR) is 86.0 cm³/mol. The van der Waals surface area contributed by atoms with E-state index >= 15 is 0 Å². The number of hydrogen-bond acceptors (Lipinski definition) is 6. The van der Waals surface area contributed by atoms with E-state index in [1.807, 2.05) is 41.2 Å². The van der Waals surface area contributed by atoms with Gasteiger partial charge >= 0.3 is 8.56 Å². The van der Waals surface area contributed by atoms with Crippen molar-refractivity contribution in [1.29, 1.82) is 0 Å². The minimum Gasteiger partial charge on any atom is -0.392 e. The van der Waals surface area contributed by atoms with E-state index in [1.54, 1.807) is 0 Å². The summed E-state index contributed by atoms with van der Waals surface area (Å²) in [5, 5.41) is 0. The van der Waals surface area contributed by atoms with Crippen molar-refractivity contribution in [2.75, 3.05) is 33.0 Å². The van der Waals surface area contributed by atoms with Crippen LogP contribution in [0.1, 0.15) is 34.6 Å². The highest BCUT2D eigenvalue weighted by Crippen LogP contribution is 2.22. The third kappa shape index (κ3) is 6.62. The van der Waals surface area contributed by atoms with Gasteiger partial charge in [0.2, 0.25) is 0 Å². The number of ether oxygens (including phenoxy) is 4. The zero-order valence-electron chi connectivity index (χ0n) is 14.8. The summed E-state index contributed by atoms with van der Waals surface area (Å²) in [5.41, 5.74) is 0. The van der Waals surface area contributed by atoms with Gasteiger partial charge in [0.1, 0.15) is 6.10 Å². The molecule has 1 saturated heterocycles. The SMILES string of the molecule is CCOC(OCC)[Si](C)(OCC)OC(C)C(C)OCC1CO1. The van der Waals surface area contributed by atoms with E-state index in [9.17, 15) is 0 Å². The van der Waals surface area contributed by atoms with Gasteiger partial charge in [-0.15, -0.1) is 0 Å². The highest BCUT2D eigenvalue weighted by Gasteiger charge is 2.45. The van der Waals surface area contributed by atoms with Crippen LogP contribution in [-0.4, -0.2) is 65.8 Å². The molecule has 0 amide bonds. The van der Waals surface area contributed by atoms with E-state index in [2.05, 4.69) is 0 Å². The molecule has 1 fully saturated rings. The lowest BCUT2D eigenvalue weighted by atomic mass is 10.2. The minimum atomic E-state index is -2.64. The highest BCUT2D eigenvalue weighted by molar-refractivity contribution is 6.67. The Morgan fingerprint density at radius 3 is 2.05 bits per heavy atom. The first-order valence-electron chi connectivity index (χ1n) is 8.24. The van der Waals surface area contributed by atoms with Crippen LogP contribution in [0.3, 0.4) is 0 Å². The van der Waals surface area contributed by atoms with Gasteiger partial charge in [0.05, 0.1) is 25.4 Å². The summed E-state index contributed by atoms with van der Waals surface area (Å²) < 4.78 is 34.6. The third-order valence-electron chi connectivity index (χ3n) is 3.52. The van der Waals surface area contributed by atoms with Crippen LogP contribution in [0.4, 0.5) is 0 Å². The second-order valence-corrected chi connectivity index (χ2v) is 8.54. The van der Waals surface area contributed by atoms with Crippen LogP contribution in [0.5, 0.6) is 0 Å². The Hall–Kier alpha value is -0.0231. The monoisotopic (exact) mass is 336 g/mol. The molecule has 22 heavy (non-hydrogen) atoms. The first kappa shape index (κ1) is 20.0. The standard InChI is InChI=1S/C15H32O6Si/c1-7-16-15(17-8-2)22(6,20-9-3)21-13(5)12(4)18-10-14-11-19-14/h12-15H,7-11H2,1-6H3. The van der Waals surface area contributed by atoms with Crippen molar-refractivity contribution in [3.63, 3.8) is 0 Å². The lowest BCUT2D eigenvalue weighted by Gasteiger charge is -2.36. The average Bonchev–Trinajstić information content (AvgIpc) is 3.28. The molecule has 7 heteroatoms. The summed E-state index contributed by atoms with van der Waals surface area (Å²) in [4.78, 5) is 0. The molecule has 4 atom stereocenters. The van der Waals surface area contributed by atoms with Gasteiger partial charge in [0, 0.05) is 19.8 Å². The molecule has 1 aliphatic rings. The molecular weight excluding hydrogens is 304 g/mol. The van der Waals surface area contributed by atoms with Gasteiger partial charge in [-0.05, 0) is 41.2 Å². The Balaban J connectivity index is 2.60. The van der Waals surface area contributed by atoms with Gasteiger partial charge in [-0.25, -0.2) is 0 Å². The Morgan fingerprint density at radius 1 is 1.00 bits per heavy atom. The highest BCUT2D eigenvalue weighted by atomic mass is 28.4. The molecule has 0 aliphatic carbocycles. The molecule has 0 bridgehead atoms. The molecule has 0 N–H and O–H groups in total. The van der Waals surface area contributed by atoms with Gasteiger partial charge < -0.3 is 27.8 Å². The predicted octanol–water partition coefficient (Wildman–Crippen LogP) is 2.24. The summed E-state index contributed by atoms with van der Waals surface area (Å²) in [6.07, 6.45) is 0.107. The molecule has 0 aromatic rings. The summed E-state index contributed by atoms with van der Waals surface area (Å²) in [7, 11) is -2.64. The summed E-state index contributed by atoms with van der Waals surface area (Å²) >= 11 is 0. The molecule has 1 aliphatic heterocycles. The van der Waals surface area contributed by atoms with Crippen LogP contribution in [-0.2, 0) is 27.8 Å². The fourth-order valence-electron chi connectivity index (χ4n) is 2.12. The molecule has 1 heterocycles. The second-order valence-electron chi connectivity index (χ2n) is 5.51. The molecule has 132 valence electrons. The summed E-state index contributed by atoms with van der Waals surface area (Å²) in [6, 6.07) is 0. The van der Waals surface area contributed by atoms with E-state index in [1.165, 1.54) is 0 Å². The maximum atomic E-state index is 6.26. The van der Waals surface area contributed by atoms with E-state index < -0.39 is 14.5 Å². The topological polar surface area (TPSA) is 58.7 Å². The lowest BCUT2D eigenvalue weighted by Crippen LogP contribution is -2.56. The number of epoxide rings is 1. The molecule has 4 unspecified atom stereocenters.